The number of hydrogen-bond donors (Lipinski definition) is 1. The second-order valence-electron chi connectivity index (χ2n) is 12.2. The molecule has 57 heavy (non-hydrogen) atoms. The van der Waals surface area contributed by atoms with E-state index in [0.29, 0.717) is 19.1 Å². The van der Waals surface area contributed by atoms with Crippen molar-refractivity contribution < 1.29 is 75.3 Å². The van der Waals surface area contributed by atoms with Crippen LogP contribution in [0.5, 0.6) is 0 Å². The van der Waals surface area contributed by atoms with Gasteiger partial charge in [0, 0.05) is 51.6 Å². The van der Waals surface area contributed by atoms with Crippen LogP contribution in [0.2, 0.25) is 6.04 Å². The summed E-state index contributed by atoms with van der Waals surface area (Å²) in [5.74, 6) is -4.98. The Kier molecular flexibility index (Phi) is 17.1. The van der Waals surface area contributed by atoms with Crippen molar-refractivity contribution in [3.8, 4) is 0 Å². The average Bonchev–Trinajstić information content (AvgIpc) is 3.62. The second-order valence-corrected chi connectivity index (χ2v) is 15.3. The molecule has 2 heterocycles. The molecule has 2 aromatic rings. The van der Waals surface area contributed by atoms with Gasteiger partial charge < -0.3 is 42.3 Å². The van der Waals surface area contributed by atoms with Crippen LogP contribution in [0.3, 0.4) is 0 Å². The van der Waals surface area contributed by atoms with E-state index in [1.54, 1.807) is 21.3 Å². The molecule has 2 aliphatic rings. The number of esters is 6. The first-order valence-electron chi connectivity index (χ1n) is 17.4. The van der Waals surface area contributed by atoms with Gasteiger partial charge in [0.05, 0.1) is 33.4 Å². The first-order chi connectivity index (χ1) is 27.1. The Morgan fingerprint density at radius 2 is 1.11 bits per heavy atom. The lowest BCUT2D eigenvalue weighted by Crippen LogP contribution is -2.43. The van der Waals surface area contributed by atoms with Crippen molar-refractivity contribution in [3.63, 3.8) is 0 Å². The smallest absolute Gasteiger partial charge is 0.459 e. The zero-order chi connectivity index (χ0) is 42.3. The Labute approximate surface area is 329 Å². The Bertz CT molecular complexity index is 1910. The van der Waals surface area contributed by atoms with Crippen molar-refractivity contribution in [2.75, 3.05) is 67.4 Å². The van der Waals surface area contributed by atoms with Crippen LogP contribution in [0.4, 0.5) is 0 Å². The molecule has 4 rings (SSSR count). The van der Waals surface area contributed by atoms with Gasteiger partial charge in [-0.3, -0.25) is 14.5 Å². The van der Waals surface area contributed by atoms with Gasteiger partial charge >= 0.3 is 44.6 Å². The lowest BCUT2D eigenvalue weighted by Gasteiger charge is -2.24. The van der Waals surface area contributed by atoms with Gasteiger partial charge in [-0.1, -0.05) is 13.2 Å². The standard InChI is InChI=1S/C23H32N2O9Si.C15H12O7/c1-16(2)22(28)33-12-13-34-23(29)17-7-8-18-19(15-17)21(27)25(20(18)26)11-10-24-9-6-14-35(30-3,31-4)32-5;1-8(2)12(16)20-5-6-21-13(17)9-3-4-10-11(7-9)15(19)22-14(10)18/h7-8,15,24H,1,6,9-14H2,2-5H3;3-4,7H,1,5-6H2,2H3. The summed E-state index contributed by atoms with van der Waals surface area (Å²) in [5.41, 5.74) is 1.21. The number of carbonyl (C=O) groups excluding carboxylic acids is 8. The maximum Gasteiger partial charge on any atom is 0.500 e. The van der Waals surface area contributed by atoms with Crippen LogP contribution < -0.4 is 5.32 Å². The summed E-state index contributed by atoms with van der Waals surface area (Å²) in [6, 6.07) is 8.73. The lowest BCUT2D eigenvalue weighted by molar-refractivity contribution is -0.140. The SMILES string of the molecule is C=C(C)C(=O)OCCOC(=O)c1ccc2c(c1)C(=O)N(CCNCCC[Si](OC)(OC)OC)C2=O.C=C(C)C(=O)OCCOC(=O)c1ccc2c(c1)C(=O)OC2=O. The molecule has 0 saturated carbocycles. The Morgan fingerprint density at radius 3 is 1.61 bits per heavy atom. The van der Waals surface area contributed by atoms with Crippen molar-refractivity contribution in [1.82, 2.24) is 10.2 Å². The number of imide groups is 1. The summed E-state index contributed by atoms with van der Waals surface area (Å²) in [5, 5.41) is 3.19. The predicted molar refractivity (Wildman–Crippen MR) is 199 cm³/mol. The van der Waals surface area contributed by atoms with Crippen molar-refractivity contribution in [1.29, 1.82) is 0 Å². The first kappa shape index (κ1) is 45.5. The molecule has 0 fully saturated rings. The molecule has 1 N–H and O–H groups in total. The zero-order valence-electron chi connectivity index (χ0n) is 32.2. The number of rotatable bonds is 20. The minimum atomic E-state index is -2.63. The van der Waals surface area contributed by atoms with Crippen molar-refractivity contribution in [2.24, 2.45) is 0 Å². The van der Waals surface area contributed by atoms with Gasteiger partial charge in [-0.2, -0.15) is 0 Å². The van der Waals surface area contributed by atoms with Crippen molar-refractivity contribution in [2.45, 2.75) is 26.3 Å². The third kappa shape index (κ3) is 12.3. The molecule has 0 aliphatic carbocycles. The van der Waals surface area contributed by atoms with E-state index < -0.39 is 56.4 Å². The summed E-state index contributed by atoms with van der Waals surface area (Å²) in [4.78, 5) is 95.7. The lowest BCUT2D eigenvalue weighted by atomic mass is 10.1. The number of nitrogens with one attached hydrogen (secondary N) is 1. The summed E-state index contributed by atoms with van der Waals surface area (Å²) >= 11 is 0. The molecular formula is C38H44N2O16Si. The molecule has 2 aliphatic heterocycles. The fraction of sp³-hybridized carbons (Fsp3) is 0.368. The van der Waals surface area contributed by atoms with E-state index in [1.807, 2.05) is 0 Å². The fourth-order valence-corrected chi connectivity index (χ4v) is 6.81. The van der Waals surface area contributed by atoms with Gasteiger partial charge in [0.1, 0.15) is 26.4 Å². The fourth-order valence-electron chi connectivity index (χ4n) is 5.09. The van der Waals surface area contributed by atoms with Gasteiger partial charge in [0.15, 0.2) is 0 Å². The van der Waals surface area contributed by atoms with E-state index in [2.05, 4.69) is 23.2 Å². The molecule has 18 nitrogen and oxygen atoms in total. The number of fused-ring (bicyclic) bond motifs is 2. The zero-order valence-corrected chi connectivity index (χ0v) is 33.2. The molecule has 0 spiro atoms. The average molecular weight is 813 g/mol. The monoisotopic (exact) mass is 812 g/mol. The normalized spacial score (nSPS) is 12.8. The number of hydrogen-bond acceptors (Lipinski definition) is 17. The molecule has 0 saturated heterocycles. The molecule has 2 amide bonds. The Morgan fingerprint density at radius 1 is 0.649 bits per heavy atom. The molecule has 2 aromatic carbocycles. The minimum Gasteiger partial charge on any atom is -0.459 e. The van der Waals surface area contributed by atoms with E-state index in [4.69, 9.17) is 32.2 Å². The second kappa shape index (κ2) is 21.4. The van der Waals surface area contributed by atoms with Crippen LogP contribution in [0.15, 0.2) is 60.7 Å². The van der Waals surface area contributed by atoms with Crippen LogP contribution in [-0.4, -0.2) is 129 Å². The van der Waals surface area contributed by atoms with Gasteiger partial charge in [-0.05, 0) is 63.2 Å². The minimum absolute atomic E-state index is 0.0214. The van der Waals surface area contributed by atoms with Crippen molar-refractivity contribution in [3.05, 3.63) is 94.1 Å². The summed E-state index contributed by atoms with van der Waals surface area (Å²) in [6.07, 6.45) is 0.738. The topological polar surface area (TPSA) is 226 Å². The Balaban J connectivity index is 0.000000338. The van der Waals surface area contributed by atoms with Crippen molar-refractivity contribution >= 4 is 56.4 Å². The van der Waals surface area contributed by atoms with Crippen LogP contribution >= 0.6 is 0 Å². The van der Waals surface area contributed by atoms with E-state index in [9.17, 15) is 38.4 Å². The molecule has 19 heteroatoms. The molecule has 306 valence electrons. The van der Waals surface area contributed by atoms with E-state index in [1.165, 1.54) is 50.2 Å². The van der Waals surface area contributed by atoms with E-state index >= 15 is 0 Å². The molecular weight excluding hydrogens is 769 g/mol. The molecule has 0 unspecified atom stereocenters. The third-order valence-electron chi connectivity index (χ3n) is 8.16. The molecule has 0 bridgehead atoms. The van der Waals surface area contributed by atoms with Gasteiger partial charge in [0.25, 0.3) is 11.8 Å². The molecule has 0 radical (unpaired) electrons. The van der Waals surface area contributed by atoms with Gasteiger partial charge in [0.2, 0.25) is 0 Å². The highest BCUT2D eigenvalue weighted by atomic mass is 28.4. The number of benzene rings is 2. The summed E-state index contributed by atoms with van der Waals surface area (Å²) in [7, 11) is 2.05. The van der Waals surface area contributed by atoms with Gasteiger partial charge in [-0.15, -0.1) is 0 Å². The third-order valence-corrected chi connectivity index (χ3v) is 11.0. The quantitative estimate of drug-likeness (QED) is 0.0386. The maximum atomic E-state index is 12.8. The highest BCUT2D eigenvalue weighted by molar-refractivity contribution is 6.60. The first-order valence-corrected chi connectivity index (χ1v) is 19.3. The highest BCUT2D eigenvalue weighted by Gasteiger charge is 2.38. The molecule has 0 aromatic heterocycles. The number of nitrogens with zero attached hydrogens (tertiary/aromatic N) is 1. The van der Waals surface area contributed by atoms with E-state index in [0.717, 1.165) is 11.3 Å². The van der Waals surface area contributed by atoms with E-state index in [-0.39, 0.29) is 77.5 Å². The van der Waals surface area contributed by atoms with Gasteiger partial charge in [-0.25, -0.2) is 28.8 Å². The molecule has 0 atom stereocenters. The van der Waals surface area contributed by atoms with Crippen LogP contribution in [0, 0.1) is 0 Å². The largest absolute Gasteiger partial charge is 0.500 e. The number of cyclic esters (lactones) is 2. The number of amides is 2. The number of carbonyl (C=O) groups is 8. The number of ether oxygens (including phenoxy) is 5. The highest BCUT2D eigenvalue weighted by Crippen LogP contribution is 2.25. The van der Waals surface area contributed by atoms with Crippen LogP contribution in [0.1, 0.15) is 82.4 Å². The Hall–Kier alpha value is -5.86. The predicted octanol–water partition coefficient (Wildman–Crippen LogP) is 2.69. The van der Waals surface area contributed by atoms with Crippen LogP contribution in [-0.2, 0) is 46.6 Å². The van der Waals surface area contributed by atoms with Crippen LogP contribution in [0.25, 0.3) is 0 Å². The summed E-state index contributed by atoms with van der Waals surface area (Å²) in [6.45, 7) is 10.6. The maximum absolute atomic E-state index is 12.8. The summed E-state index contributed by atoms with van der Waals surface area (Å²) < 4.78 is 40.1.